The molecule has 0 fully saturated rings. The summed E-state index contributed by atoms with van der Waals surface area (Å²) in [6.07, 6.45) is 2.59. The van der Waals surface area contributed by atoms with Crippen LogP contribution in [0.1, 0.15) is 28.5 Å². The molecule has 5 heteroatoms. The number of hydrogen-bond donors (Lipinski definition) is 2. The maximum absolute atomic E-state index is 12.2. The molecule has 0 aliphatic rings. The number of amides is 1. The first-order chi connectivity index (χ1) is 9.13. The van der Waals surface area contributed by atoms with Gasteiger partial charge in [-0.15, -0.1) is 0 Å². The Labute approximate surface area is 112 Å². The molecule has 19 heavy (non-hydrogen) atoms. The Morgan fingerprint density at radius 3 is 2.95 bits per heavy atom. The molecule has 0 bridgehead atoms. The van der Waals surface area contributed by atoms with Crippen LogP contribution >= 0.6 is 0 Å². The average Bonchev–Trinajstić information content (AvgIpc) is 2.78. The second-order valence-corrected chi connectivity index (χ2v) is 4.38. The van der Waals surface area contributed by atoms with Gasteiger partial charge in [-0.3, -0.25) is 9.48 Å². The number of aromatic nitrogens is 2. The molecule has 0 aliphatic carbocycles. The molecular formula is C14H18N4O. The van der Waals surface area contributed by atoms with Crippen LogP contribution in [0.2, 0.25) is 0 Å². The van der Waals surface area contributed by atoms with E-state index in [1.165, 1.54) is 0 Å². The number of rotatable bonds is 4. The van der Waals surface area contributed by atoms with Crippen molar-refractivity contribution in [1.82, 2.24) is 9.78 Å². The summed E-state index contributed by atoms with van der Waals surface area (Å²) in [5.74, 6) is -0.141. The van der Waals surface area contributed by atoms with E-state index in [1.54, 1.807) is 16.8 Å². The van der Waals surface area contributed by atoms with Crippen molar-refractivity contribution in [3.8, 4) is 0 Å². The topological polar surface area (TPSA) is 72.9 Å². The molecule has 5 nitrogen and oxygen atoms in total. The summed E-state index contributed by atoms with van der Waals surface area (Å²) in [4.78, 5) is 12.2. The zero-order valence-electron chi connectivity index (χ0n) is 11.2. The summed E-state index contributed by atoms with van der Waals surface area (Å²) in [5.41, 5.74) is 8.76. The van der Waals surface area contributed by atoms with Crippen LogP contribution in [0.4, 0.5) is 5.69 Å². The monoisotopic (exact) mass is 258 g/mol. The minimum atomic E-state index is -0.141. The first-order valence-electron chi connectivity index (χ1n) is 6.27. The zero-order valence-corrected chi connectivity index (χ0v) is 11.2. The lowest BCUT2D eigenvalue weighted by atomic mass is 10.1. The summed E-state index contributed by atoms with van der Waals surface area (Å²) in [6, 6.07) is 7.31. The van der Waals surface area contributed by atoms with Gasteiger partial charge in [-0.2, -0.15) is 5.10 Å². The zero-order chi connectivity index (χ0) is 13.8. The fraction of sp³-hybridized carbons (Fsp3) is 0.286. The average molecular weight is 258 g/mol. The highest BCUT2D eigenvalue weighted by Crippen LogP contribution is 2.15. The van der Waals surface area contributed by atoms with E-state index in [2.05, 4.69) is 10.4 Å². The van der Waals surface area contributed by atoms with Crippen LogP contribution < -0.4 is 11.1 Å². The second kappa shape index (κ2) is 5.67. The van der Waals surface area contributed by atoms with Crippen LogP contribution in [-0.4, -0.2) is 15.7 Å². The molecule has 0 atom stereocenters. The van der Waals surface area contributed by atoms with E-state index in [0.717, 1.165) is 23.4 Å². The van der Waals surface area contributed by atoms with Gasteiger partial charge in [-0.25, -0.2) is 0 Å². The number of nitrogens with one attached hydrogen (secondary N) is 1. The van der Waals surface area contributed by atoms with Crippen LogP contribution in [0.25, 0.3) is 0 Å². The van der Waals surface area contributed by atoms with Crippen LogP contribution in [-0.2, 0) is 20.0 Å². The first kappa shape index (κ1) is 13.3. The van der Waals surface area contributed by atoms with Crippen molar-refractivity contribution in [2.45, 2.75) is 19.9 Å². The van der Waals surface area contributed by atoms with Crippen LogP contribution in [0.5, 0.6) is 0 Å². The number of carbonyl (C=O) groups is 1. The van der Waals surface area contributed by atoms with E-state index in [9.17, 15) is 4.79 Å². The molecule has 2 aromatic rings. The molecule has 2 rings (SSSR count). The smallest absolute Gasteiger partial charge is 0.255 e. The van der Waals surface area contributed by atoms with Crippen molar-refractivity contribution in [2.75, 3.05) is 5.32 Å². The molecule has 100 valence electrons. The number of aryl methyl sites for hydroxylation is 2. The Morgan fingerprint density at radius 2 is 2.26 bits per heavy atom. The summed E-state index contributed by atoms with van der Waals surface area (Å²) in [6.45, 7) is 2.43. The highest BCUT2D eigenvalue weighted by molar-refractivity contribution is 6.04. The predicted octanol–water partition coefficient (Wildman–Crippen LogP) is 1.69. The SMILES string of the molecule is CCc1nn(C)cc1NC(=O)c1cccc(CN)c1. The van der Waals surface area contributed by atoms with Gasteiger partial charge >= 0.3 is 0 Å². The highest BCUT2D eigenvalue weighted by Gasteiger charge is 2.11. The van der Waals surface area contributed by atoms with Gasteiger partial charge in [0.15, 0.2) is 0 Å². The molecule has 0 spiro atoms. The molecular weight excluding hydrogens is 240 g/mol. The number of benzene rings is 1. The second-order valence-electron chi connectivity index (χ2n) is 4.38. The largest absolute Gasteiger partial charge is 0.326 e. The van der Waals surface area contributed by atoms with E-state index < -0.39 is 0 Å². The minimum Gasteiger partial charge on any atom is -0.326 e. The molecule has 3 N–H and O–H groups in total. The maximum atomic E-state index is 12.2. The number of carbonyl (C=O) groups excluding carboxylic acids is 1. The Balaban J connectivity index is 2.20. The predicted molar refractivity (Wildman–Crippen MR) is 74.9 cm³/mol. The van der Waals surface area contributed by atoms with Gasteiger partial charge in [0.2, 0.25) is 0 Å². The Bertz CT molecular complexity index is 589. The minimum absolute atomic E-state index is 0.141. The van der Waals surface area contributed by atoms with Crippen LogP contribution in [0, 0.1) is 0 Å². The fourth-order valence-electron chi connectivity index (χ4n) is 1.93. The van der Waals surface area contributed by atoms with Crippen molar-refractivity contribution in [3.63, 3.8) is 0 Å². The lowest BCUT2D eigenvalue weighted by molar-refractivity contribution is 0.102. The van der Waals surface area contributed by atoms with E-state index in [1.807, 2.05) is 32.3 Å². The van der Waals surface area contributed by atoms with E-state index in [-0.39, 0.29) is 5.91 Å². The quantitative estimate of drug-likeness (QED) is 0.876. The number of anilines is 1. The molecule has 1 heterocycles. The lowest BCUT2D eigenvalue weighted by Crippen LogP contribution is -2.13. The van der Waals surface area contributed by atoms with Gasteiger partial charge in [0.05, 0.1) is 11.4 Å². The summed E-state index contributed by atoms with van der Waals surface area (Å²) in [5, 5.41) is 7.18. The van der Waals surface area contributed by atoms with Crippen molar-refractivity contribution in [2.24, 2.45) is 12.8 Å². The summed E-state index contributed by atoms with van der Waals surface area (Å²) in [7, 11) is 1.84. The van der Waals surface area contributed by atoms with Gasteiger partial charge < -0.3 is 11.1 Å². The molecule has 0 radical (unpaired) electrons. The summed E-state index contributed by atoms with van der Waals surface area (Å²) < 4.78 is 1.70. The normalized spacial score (nSPS) is 10.5. The van der Waals surface area contributed by atoms with Gasteiger partial charge in [-0.05, 0) is 24.1 Å². The van der Waals surface area contributed by atoms with E-state index in [0.29, 0.717) is 12.1 Å². The molecule has 1 aromatic carbocycles. The Morgan fingerprint density at radius 1 is 1.47 bits per heavy atom. The summed E-state index contributed by atoms with van der Waals surface area (Å²) >= 11 is 0. The lowest BCUT2D eigenvalue weighted by Gasteiger charge is -2.05. The van der Waals surface area contributed by atoms with Crippen molar-refractivity contribution >= 4 is 11.6 Å². The van der Waals surface area contributed by atoms with Crippen molar-refractivity contribution in [3.05, 3.63) is 47.3 Å². The molecule has 0 saturated heterocycles. The third-order valence-electron chi connectivity index (χ3n) is 2.91. The van der Waals surface area contributed by atoms with Crippen LogP contribution in [0.15, 0.2) is 30.5 Å². The van der Waals surface area contributed by atoms with Crippen molar-refractivity contribution < 1.29 is 4.79 Å². The Hall–Kier alpha value is -2.14. The highest BCUT2D eigenvalue weighted by atomic mass is 16.1. The third kappa shape index (κ3) is 3.00. The van der Waals surface area contributed by atoms with Crippen molar-refractivity contribution in [1.29, 1.82) is 0 Å². The standard InChI is InChI=1S/C14H18N4O/c1-3-12-13(9-18(2)17-12)16-14(19)11-6-4-5-10(7-11)8-15/h4-7,9H,3,8,15H2,1-2H3,(H,16,19). The molecule has 1 amide bonds. The molecule has 0 unspecified atom stereocenters. The van der Waals surface area contributed by atoms with Gasteiger partial charge in [0.25, 0.3) is 5.91 Å². The number of nitrogens with two attached hydrogens (primary N) is 1. The van der Waals surface area contributed by atoms with E-state index >= 15 is 0 Å². The van der Waals surface area contributed by atoms with Gasteiger partial charge in [0.1, 0.15) is 0 Å². The molecule has 1 aromatic heterocycles. The van der Waals surface area contributed by atoms with Crippen LogP contribution in [0.3, 0.4) is 0 Å². The third-order valence-corrected chi connectivity index (χ3v) is 2.91. The number of hydrogen-bond acceptors (Lipinski definition) is 3. The molecule has 0 aliphatic heterocycles. The van der Waals surface area contributed by atoms with E-state index in [4.69, 9.17) is 5.73 Å². The number of nitrogens with zero attached hydrogens (tertiary/aromatic N) is 2. The van der Waals surface area contributed by atoms with Gasteiger partial charge in [-0.1, -0.05) is 19.1 Å². The molecule has 0 saturated carbocycles. The first-order valence-corrected chi connectivity index (χ1v) is 6.27. The maximum Gasteiger partial charge on any atom is 0.255 e. The Kier molecular flexibility index (Phi) is 3.97. The fourth-order valence-corrected chi connectivity index (χ4v) is 1.93. The van der Waals surface area contributed by atoms with Gasteiger partial charge in [0, 0.05) is 25.4 Å².